The number of alkyl carbamates (subject to hydrolysis) is 1. The molecule has 0 fully saturated rings. The van der Waals surface area contributed by atoms with Gasteiger partial charge in [0.25, 0.3) is 0 Å². The molecule has 7 heteroatoms. The first kappa shape index (κ1) is 17.0. The summed E-state index contributed by atoms with van der Waals surface area (Å²) in [6, 6.07) is -0.00627. The first-order valence-electron chi connectivity index (χ1n) is 6.98. The Morgan fingerprint density at radius 2 is 2.10 bits per heavy atom. The van der Waals surface area contributed by atoms with Crippen molar-refractivity contribution < 1.29 is 14.3 Å². The molecule has 7 nitrogen and oxygen atoms in total. The van der Waals surface area contributed by atoms with Gasteiger partial charge in [0.15, 0.2) is 0 Å². The topological polar surface area (TPSA) is 85.3 Å². The first-order valence-corrected chi connectivity index (χ1v) is 6.98. The lowest BCUT2D eigenvalue weighted by atomic mass is 10.2. The highest BCUT2D eigenvalue weighted by Crippen LogP contribution is 2.06. The molecule has 0 spiro atoms. The smallest absolute Gasteiger partial charge is 0.407 e. The molecule has 0 saturated carbocycles. The summed E-state index contributed by atoms with van der Waals surface area (Å²) in [5.74, 6) is -0.112. The molecule has 118 valence electrons. The van der Waals surface area contributed by atoms with E-state index in [4.69, 9.17) is 4.74 Å². The third-order valence-corrected chi connectivity index (χ3v) is 2.47. The maximum atomic E-state index is 11.7. The van der Waals surface area contributed by atoms with Gasteiger partial charge < -0.3 is 19.9 Å². The summed E-state index contributed by atoms with van der Waals surface area (Å²) in [6.07, 6.45) is 4.94. The van der Waals surface area contributed by atoms with Crippen molar-refractivity contribution in [3.05, 3.63) is 18.7 Å². The number of hydrogen-bond donors (Lipinski definition) is 2. The van der Waals surface area contributed by atoms with Crippen molar-refractivity contribution in [2.45, 2.75) is 52.3 Å². The molecule has 2 N–H and O–H groups in total. The fraction of sp³-hybridized carbons (Fsp3) is 0.643. The van der Waals surface area contributed by atoms with Crippen LogP contribution in [0.15, 0.2) is 18.7 Å². The Balaban J connectivity index is 2.17. The molecule has 21 heavy (non-hydrogen) atoms. The minimum Gasteiger partial charge on any atom is -0.444 e. The van der Waals surface area contributed by atoms with Gasteiger partial charge in [0.1, 0.15) is 5.60 Å². The predicted molar refractivity (Wildman–Crippen MR) is 78.7 cm³/mol. The molecule has 2 amide bonds. The number of imidazole rings is 1. The van der Waals surface area contributed by atoms with E-state index in [1.165, 1.54) is 0 Å². The molecule has 0 aliphatic carbocycles. The van der Waals surface area contributed by atoms with Gasteiger partial charge in [-0.25, -0.2) is 9.78 Å². The van der Waals surface area contributed by atoms with E-state index < -0.39 is 11.7 Å². The Morgan fingerprint density at radius 1 is 1.38 bits per heavy atom. The number of carbonyl (C=O) groups is 2. The summed E-state index contributed by atoms with van der Waals surface area (Å²) in [6.45, 7) is 8.19. The highest BCUT2D eigenvalue weighted by molar-refractivity contribution is 5.77. The number of nitrogens with one attached hydrogen (secondary N) is 2. The molecule has 0 bridgehead atoms. The van der Waals surface area contributed by atoms with Crippen LogP contribution in [0.5, 0.6) is 0 Å². The third-order valence-electron chi connectivity index (χ3n) is 2.47. The van der Waals surface area contributed by atoms with Crippen LogP contribution in [0.3, 0.4) is 0 Å². The lowest BCUT2D eigenvalue weighted by molar-refractivity contribution is -0.121. The number of hydrogen-bond acceptors (Lipinski definition) is 4. The standard InChI is InChI=1S/C14H24N4O3/c1-11(9-18-8-7-15-10-18)17-12(19)5-6-16-13(20)21-14(2,3)4/h7-8,10-11H,5-6,9H2,1-4H3,(H,16,20)(H,17,19)/t11-/m1/s1. The van der Waals surface area contributed by atoms with Gasteiger partial charge in [0.05, 0.1) is 6.33 Å². The Hall–Kier alpha value is -2.05. The fourth-order valence-electron chi connectivity index (χ4n) is 1.70. The largest absolute Gasteiger partial charge is 0.444 e. The monoisotopic (exact) mass is 296 g/mol. The summed E-state index contributed by atoms with van der Waals surface area (Å²) in [5, 5.41) is 5.41. The average molecular weight is 296 g/mol. The molecule has 1 atom stereocenters. The number of ether oxygens (including phenoxy) is 1. The van der Waals surface area contributed by atoms with Crippen molar-refractivity contribution in [1.29, 1.82) is 0 Å². The molecular formula is C14H24N4O3. The minimum absolute atomic E-state index is 0.00627. The van der Waals surface area contributed by atoms with E-state index in [9.17, 15) is 9.59 Å². The van der Waals surface area contributed by atoms with Gasteiger partial charge in [-0.05, 0) is 27.7 Å². The first-order chi connectivity index (χ1) is 9.76. The summed E-state index contributed by atoms with van der Waals surface area (Å²) in [4.78, 5) is 27.1. The van der Waals surface area contributed by atoms with Crippen molar-refractivity contribution in [2.24, 2.45) is 0 Å². The van der Waals surface area contributed by atoms with E-state index in [-0.39, 0.29) is 24.9 Å². The van der Waals surface area contributed by atoms with Crippen LogP contribution in [-0.2, 0) is 16.1 Å². The average Bonchev–Trinajstić information content (AvgIpc) is 2.78. The van der Waals surface area contributed by atoms with E-state index >= 15 is 0 Å². The number of aromatic nitrogens is 2. The number of amides is 2. The summed E-state index contributed by atoms with van der Waals surface area (Å²) >= 11 is 0. The zero-order valence-corrected chi connectivity index (χ0v) is 13.0. The van der Waals surface area contributed by atoms with Crippen LogP contribution >= 0.6 is 0 Å². The molecule has 1 heterocycles. The van der Waals surface area contributed by atoms with Crippen molar-refractivity contribution in [1.82, 2.24) is 20.2 Å². The Labute approximate surface area is 125 Å². The molecule has 0 aliphatic rings. The van der Waals surface area contributed by atoms with Crippen LogP contribution < -0.4 is 10.6 Å². The third kappa shape index (κ3) is 7.96. The number of carbonyl (C=O) groups excluding carboxylic acids is 2. The van der Waals surface area contributed by atoms with Crippen LogP contribution in [0.4, 0.5) is 4.79 Å². The Morgan fingerprint density at radius 3 is 2.67 bits per heavy atom. The van der Waals surface area contributed by atoms with Crippen LogP contribution in [0.1, 0.15) is 34.1 Å². The van der Waals surface area contributed by atoms with Gasteiger partial charge >= 0.3 is 6.09 Å². The Bertz CT molecular complexity index is 451. The van der Waals surface area contributed by atoms with Gasteiger partial charge in [0, 0.05) is 37.9 Å². The highest BCUT2D eigenvalue weighted by atomic mass is 16.6. The van der Waals surface area contributed by atoms with Gasteiger partial charge in [-0.2, -0.15) is 0 Å². The Kier molecular flexibility index (Phi) is 6.20. The van der Waals surface area contributed by atoms with Crippen molar-refractivity contribution in [2.75, 3.05) is 6.54 Å². The van der Waals surface area contributed by atoms with Gasteiger partial charge in [-0.15, -0.1) is 0 Å². The summed E-state index contributed by atoms with van der Waals surface area (Å²) < 4.78 is 6.97. The SMILES string of the molecule is C[C@H](Cn1ccnc1)NC(=O)CCNC(=O)OC(C)(C)C. The zero-order valence-electron chi connectivity index (χ0n) is 13.0. The van der Waals surface area contributed by atoms with Gasteiger partial charge in [-0.1, -0.05) is 0 Å². The lowest BCUT2D eigenvalue weighted by Gasteiger charge is -2.19. The van der Waals surface area contributed by atoms with Crippen LogP contribution in [0.2, 0.25) is 0 Å². The van der Waals surface area contributed by atoms with E-state index in [2.05, 4.69) is 15.6 Å². The van der Waals surface area contributed by atoms with E-state index in [1.807, 2.05) is 17.7 Å². The fourth-order valence-corrected chi connectivity index (χ4v) is 1.70. The summed E-state index contributed by atoms with van der Waals surface area (Å²) in [5.41, 5.74) is -0.536. The molecule has 0 unspecified atom stereocenters. The van der Waals surface area contributed by atoms with E-state index in [1.54, 1.807) is 33.3 Å². The molecule has 0 saturated heterocycles. The molecule has 0 aliphatic heterocycles. The maximum absolute atomic E-state index is 11.7. The molecule has 0 aromatic carbocycles. The summed E-state index contributed by atoms with van der Waals surface area (Å²) in [7, 11) is 0. The second-order valence-electron chi connectivity index (χ2n) is 5.91. The lowest BCUT2D eigenvalue weighted by Crippen LogP contribution is -2.38. The van der Waals surface area contributed by atoms with Crippen molar-refractivity contribution >= 4 is 12.0 Å². The van der Waals surface area contributed by atoms with Crippen molar-refractivity contribution in [3.8, 4) is 0 Å². The second-order valence-corrected chi connectivity index (χ2v) is 5.91. The molecule has 0 radical (unpaired) electrons. The van der Waals surface area contributed by atoms with Crippen molar-refractivity contribution in [3.63, 3.8) is 0 Å². The van der Waals surface area contributed by atoms with Gasteiger partial charge in [-0.3, -0.25) is 4.79 Å². The van der Waals surface area contributed by atoms with E-state index in [0.29, 0.717) is 6.54 Å². The molecule has 1 aromatic heterocycles. The van der Waals surface area contributed by atoms with Crippen LogP contribution in [-0.4, -0.2) is 39.7 Å². The maximum Gasteiger partial charge on any atom is 0.407 e. The number of rotatable bonds is 6. The second kappa shape index (κ2) is 7.66. The number of nitrogens with zero attached hydrogens (tertiary/aromatic N) is 2. The zero-order chi connectivity index (χ0) is 15.9. The van der Waals surface area contributed by atoms with E-state index in [0.717, 1.165) is 0 Å². The normalized spacial score (nSPS) is 12.6. The van der Waals surface area contributed by atoms with Crippen LogP contribution in [0, 0.1) is 0 Å². The van der Waals surface area contributed by atoms with Gasteiger partial charge in [0.2, 0.25) is 5.91 Å². The highest BCUT2D eigenvalue weighted by Gasteiger charge is 2.16. The molecule has 1 rings (SSSR count). The molecule has 1 aromatic rings. The quantitative estimate of drug-likeness (QED) is 0.828. The van der Waals surface area contributed by atoms with Crippen LogP contribution in [0.25, 0.3) is 0 Å². The molecular weight excluding hydrogens is 272 g/mol. The minimum atomic E-state index is -0.536. The predicted octanol–water partition coefficient (Wildman–Crippen LogP) is 1.30.